The minimum absolute atomic E-state index is 0.157. The smallest absolute Gasteiger partial charge is 0.312 e. The molecule has 0 unspecified atom stereocenters. The Kier molecular flexibility index (Phi) is 19.3. The normalized spacial score (nSPS) is 15.5. The Hall–Kier alpha value is -5.17. The molecular formula is C35H23F39N4O3. The number of rotatable bonds is 24. The summed E-state index contributed by atoms with van der Waals surface area (Å²) >= 11 is 0. The van der Waals surface area contributed by atoms with Crippen LogP contribution in [0.3, 0.4) is 0 Å². The van der Waals surface area contributed by atoms with Gasteiger partial charge >= 0.3 is 107 Å². The van der Waals surface area contributed by atoms with Crippen LogP contribution in [0.5, 0.6) is 0 Å². The molecule has 0 radical (unpaired) electrons. The first kappa shape index (κ1) is 73.8. The molecule has 474 valence electrons. The van der Waals surface area contributed by atoms with Gasteiger partial charge in [0, 0.05) is 71.8 Å². The summed E-state index contributed by atoms with van der Waals surface area (Å²) < 4.78 is 537. The summed E-state index contributed by atoms with van der Waals surface area (Å²) in [5.41, 5.74) is -2.03. The summed E-state index contributed by atoms with van der Waals surface area (Å²) in [7, 11) is 0. The van der Waals surface area contributed by atoms with E-state index in [1.54, 1.807) is 0 Å². The summed E-state index contributed by atoms with van der Waals surface area (Å²) in [6.45, 7) is -8.98. The SMILES string of the molecule is CC(=O)N(CCC(F)(F)C(F)(F)C(F)(F)C(F)(F)C(F)(F)C(F)(F)F)c1cc(N(CCC(F)(F)C(F)(F)C(F)(F)C(F)(F)C(F)(F)C(F)(F)F)C(C)=O)nc(N(CCC(F)(F)C(F)(F)C(F)(F)C(F)(F)C(F)(F)C(F)(F)F)C(C)=O)c1. The minimum Gasteiger partial charge on any atom is -0.312 e. The van der Waals surface area contributed by atoms with E-state index in [4.69, 9.17) is 0 Å². The highest BCUT2D eigenvalue weighted by Crippen LogP contribution is 2.64. The van der Waals surface area contributed by atoms with Gasteiger partial charge in [0.1, 0.15) is 11.6 Å². The monoisotopic (exact) mass is 1290 g/mol. The Morgan fingerprint density at radius 3 is 0.642 bits per heavy atom. The summed E-state index contributed by atoms with van der Waals surface area (Å²) in [4.78, 5) is 37.8. The van der Waals surface area contributed by atoms with Crippen molar-refractivity contribution < 1.29 is 186 Å². The van der Waals surface area contributed by atoms with Crippen LogP contribution in [-0.4, -0.2) is 150 Å². The Labute approximate surface area is 420 Å². The van der Waals surface area contributed by atoms with E-state index in [0.29, 0.717) is 0 Å². The van der Waals surface area contributed by atoms with Crippen molar-refractivity contribution in [3.63, 3.8) is 0 Å². The van der Waals surface area contributed by atoms with Crippen LogP contribution in [0.4, 0.5) is 189 Å². The number of anilines is 3. The van der Waals surface area contributed by atoms with Crippen molar-refractivity contribution in [1.29, 1.82) is 0 Å². The van der Waals surface area contributed by atoms with Crippen LogP contribution in [0.1, 0.15) is 40.0 Å². The maximum atomic E-state index is 14.9. The summed E-state index contributed by atoms with van der Waals surface area (Å²) in [5, 5.41) is 0. The molecule has 0 N–H and O–H groups in total. The summed E-state index contributed by atoms with van der Waals surface area (Å²) in [6, 6.07) is -1.05. The van der Waals surface area contributed by atoms with E-state index < -0.39 is 208 Å². The van der Waals surface area contributed by atoms with Crippen molar-refractivity contribution in [1.82, 2.24) is 4.98 Å². The molecule has 0 spiro atoms. The standard InChI is InChI=1S/C35H23F39N4O3/c1-12(79)76(7-4-18(36,37)21(42,43)24(48,49)27(54,55)30(60,61)33(66,67)68)15-10-16(77(13(2)80)8-5-19(38,39)22(44,45)25(50,51)28(56,57)31(62,63)34(69,70)71)75-17(11-15)78(14(3)81)9-6-20(40,41)23(46,47)26(52,53)29(58,59)32(64,65)35(72,73)74/h10-11H,4-9H2,1-3H3. The van der Waals surface area contributed by atoms with Crippen molar-refractivity contribution >= 4 is 35.0 Å². The van der Waals surface area contributed by atoms with Crippen LogP contribution < -0.4 is 14.7 Å². The van der Waals surface area contributed by atoms with Crippen LogP contribution in [0, 0.1) is 0 Å². The number of hydrogen-bond acceptors (Lipinski definition) is 4. The van der Waals surface area contributed by atoms with Crippen molar-refractivity contribution in [2.45, 2.75) is 147 Å². The quantitative estimate of drug-likeness (QED) is 0.0967. The van der Waals surface area contributed by atoms with Crippen molar-refractivity contribution in [2.24, 2.45) is 0 Å². The second-order valence-electron chi connectivity index (χ2n) is 16.3. The van der Waals surface area contributed by atoms with Gasteiger partial charge in [0.15, 0.2) is 0 Å². The van der Waals surface area contributed by atoms with Crippen molar-refractivity contribution in [3.05, 3.63) is 12.1 Å². The van der Waals surface area contributed by atoms with Crippen LogP contribution in [0.15, 0.2) is 12.1 Å². The molecule has 7 nitrogen and oxygen atoms in total. The molecule has 1 rings (SSSR count). The number of alkyl halides is 39. The molecule has 1 aromatic heterocycles. The molecule has 0 bridgehead atoms. The summed E-state index contributed by atoms with van der Waals surface area (Å²) in [6.07, 6.45) is -34.8. The van der Waals surface area contributed by atoms with Gasteiger partial charge in [0.25, 0.3) is 0 Å². The first-order valence-corrected chi connectivity index (χ1v) is 19.7. The molecule has 3 amide bonds. The van der Waals surface area contributed by atoms with E-state index in [1.165, 1.54) is 0 Å². The molecule has 81 heavy (non-hydrogen) atoms. The third-order valence-electron chi connectivity index (χ3n) is 10.7. The Morgan fingerprint density at radius 1 is 0.296 bits per heavy atom. The fourth-order valence-electron chi connectivity index (χ4n) is 5.89. The Bertz CT molecular complexity index is 2170. The molecule has 1 aromatic rings. The highest BCUT2D eigenvalue weighted by molar-refractivity contribution is 5.97. The van der Waals surface area contributed by atoms with Crippen molar-refractivity contribution in [3.8, 4) is 0 Å². The molecular weight excluding hydrogens is 1270 g/mol. The second kappa shape index (κ2) is 21.2. The number of hydrogen-bond donors (Lipinski definition) is 0. The maximum Gasteiger partial charge on any atom is 0.460 e. The van der Waals surface area contributed by atoms with Gasteiger partial charge in [-0.25, -0.2) is 4.98 Å². The van der Waals surface area contributed by atoms with E-state index >= 15 is 0 Å². The predicted molar refractivity (Wildman–Crippen MR) is 185 cm³/mol. The molecule has 0 aliphatic rings. The van der Waals surface area contributed by atoms with E-state index in [2.05, 4.69) is 4.98 Å². The van der Waals surface area contributed by atoms with Gasteiger partial charge in [-0.2, -0.15) is 171 Å². The lowest BCUT2D eigenvalue weighted by Crippen LogP contribution is -2.70. The van der Waals surface area contributed by atoms with Gasteiger partial charge in [-0.3, -0.25) is 24.2 Å². The molecule has 0 saturated heterocycles. The first-order chi connectivity index (χ1) is 34.9. The minimum atomic E-state index is -8.63. The number of aromatic nitrogens is 1. The van der Waals surface area contributed by atoms with Gasteiger partial charge in [-0.05, 0) is 0 Å². The van der Waals surface area contributed by atoms with E-state index in [-0.39, 0.29) is 20.8 Å². The molecule has 0 atom stereocenters. The molecule has 0 saturated carbocycles. The number of amides is 3. The molecule has 0 aromatic carbocycles. The van der Waals surface area contributed by atoms with Gasteiger partial charge in [-0.1, -0.05) is 0 Å². The van der Waals surface area contributed by atoms with Gasteiger partial charge < -0.3 is 4.90 Å². The third-order valence-corrected chi connectivity index (χ3v) is 10.7. The maximum absolute atomic E-state index is 14.9. The number of carbonyl (C=O) groups is 3. The van der Waals surface area contributed by atoms with Crippen LogP contribution >= 0.6 is 0 Å². The van der Waals surface area contributed by atoms with E-state index in [1.807, 2.05) is 0 Å². The molecule has 1 heterocycles. The zero-order chi connectivity index (χ0) is 65.6. The first-order valence-electron chi connectivity index (χ1n) is 19.7. The summed E-state index contributed by atoms with van der Waals surface area (Å²) in [5.74, 6) is -135. The largest absolute Gasteiger partial charge is 0.460 e. The highest BCUT2D eigenvalue weighted by atomic mass is 19.5. The van der Waals surface area contributed by atoms with E-state index in [0.717, 1.165) is 0 Å². The lowest BCUT2D eigenvalue weighted by Gasteiger charge is -2.40. The third kappa shape index (κ3) is 11.7. The molecule has 0 fully saturated rings. The zero-order valence-electron chi connectivity index (χ0n) is 38.2. The lowest BCUT2D eigenvalue weighted by molar-refractivity contribution is -0.440. The predicted octanol–water partition coefficient (Wildman–Crippen LogP) is 14.5. The van der Waals surface area contributed by atoms with Crippen LogP contribution in [0.2, 0.25) is 0 Å². The van der Waals surface area contributed by atoms with Crippen LogP contribution in [0.25, 0.3) is 0 Å². The fraction of sp³-hybridized carbons (Fsp3) is 0.771. The Morgan fingerprint density at radius 2 is 0.469 bits per heavy atom. The number of pyridine rings is 1. The average molecular weight is 1290 g/mol. The molecule has 0 aliphatic heterocycles. The van der Waals surface area contributed by atoms with E-state index in [9.17, 15) is 186 Å². The van der Waals surface area contributed by atoms with Crippen molar-refractivity contribution in [2.75, 3.05) is 34.3 Å². The van der Waals surface area contributed by atoms with Gasteiger partial charge in [0.2, 0.25) is 17.7 Å². The average Bonchev–Trinajstić information content (AvgIpc) is 3.24. The Balaban J connectivity index is 4.40. The lowest BCUT2D eigenvalue weighted by atomic mass is 9.92. The highest BCUT2D eigenvalue weighted by Gasteiger charge is 2.93. The second-order valence-corrected chi connectivity index (χ2v) is 16.3. The number of halogens is 39. The zero-order valence-corrected chi connectivity index (χ0v) is 38.2. The number of carbonyl (C=O) groups excluding carboxylic acids is 3. The topological polar surface area (TPSA) is 73.8 Å². The molecule has 0 aliphatic carbocycles. The van der Waals surface area contributed by atoms with Gasteiger partial charge in [-0.15, -0.1) is 0 Å². The van der Waals surface area contributed by atoms with Gasteiger partial charge in [0.05, 0.1) is 5.69 Å². The molecule has 46 heteroatoms. The fourth-order valence-corrected chi connectivity index (χ4v) is 5.89. The number of nitrogens with zero attached hydrogens (tertiary/aromatic N) is 4. The van der Waals surface area contributed by atoms with Crippen LogP contribution in [-0.2, 0) is 14.4 Å².